The summed E-state index contributed by atoms with van der Waals surface area (Å²) in [5, 5.41) is 0. The summed E-state index contributed by atoms with van der Waals surface area (Å²) in [6, 6.07) is 8.06. The van der Waals surface area contributed by atoms with Crippen molar-refractivity contribution in [2.24, 2.45) is 0 Å². The van der Waals surface area contributed by atoms with Gasteiger partial charge in [-0.15, -0.1) is 0 Å². The Morgan fingerprint density at radius 1 is 1.45 bits per heavy atom. The van der Waals surface area contributed by atoms with E-state index in [4.69, 9.17) is 9.47 Å². The lowest BCUT2D eigenvalue weighted by Gasteiger charge is -2.30. The third kappa shape index (κ3) is 2.79. The summed E-state index contributed by atoms with van der Waals surface area (Å²) in [6.45, 7) is 1.37. The highest BCUT2D eigenvalue weighted by molar-refractivity contribution is 7.99. The summed E-state index contributed by atoms with van der Waals surface area (Å²) >= 11 is 1.90. The minimum absolute atomic E-state index is 0.0790. The van der Waals surface area contributed by atoms with Crippen molar-refractivity contribution in [3.05, 3.63) is 29.8 Å². The molecule has 1 aromatic rings. The molecule has 5 heteroatoms. The molecule has 0 N–H and O–H groups in total. The number of carbonyl (C=O) groups excluding carboxylic acids is 1. The van der Waals surface area contributed by atoms with Crippen LogP contribution in [-0.4, -0.2) is 48.7 Å². The predicted octanol–water partition coefficient (Wildman–Crippen LogP) is 2.10. The highest BCUT2D eigenvalue weighted by Crippen LogP contribution is 2.35. The van der Waals surface area contributed by atoms with E-state index in [1.807, 2.05) is 34.9 Å². The number of nitrogens with zero attached hydrogens (tertiary/aromatic N) is 1. The Morgan fingerprint density at radius 2 is 2.25 bits per heavy atom. The summed E-state index contributed by atoms with van der Waals surface area (Å²) in [4.78, 5) is 14.4. The Kier molecular flexibility index (Phi) is 4.17. The predicted molar refractivity (Wildman–Crippen MR) is 79.1 cm³/mol. The lowest BCUT2D eigenvalue weighted by atomic mass is 10.0. The average molecular weight is 293 g/mol. The van der Waals surface area contributed by atoms with Crippen molar-refractivity contribution in [1.29, 1.82) is 0 Å². The number of amides is 1. The van der Waals surface area contributed by atoms with Gasteiger partial charge in [0.15, 0.2) is 6.10 Å². The van der Waals surface area contributed by atoms with Crippen LogP contribution in [-0.2, 0) is 9.53 Å². The highest BCUT2D eigenvalue weighted by Gasteiger charge is 2.39. The molecular weight excluding hydrogens is 274 g/mol. The third-order valence-electron chi connectivity index (χ3n) is 3.73. The number of carbonyl (C=O) groups is 1. The van der Waals surface area contributed by atoms with Crippen LogP contribution < -0.4 is 4.74 Å². The minimum Gasteiger partial charge on any atom is -0.496 e. The number of hydrogen-bond acceptors (Lipinski definition) is 4. The van der Waals surface area contributed by atoms with E-state index in [-0.39, 0.29) is 18.1 Å². The van der Waals surface area contributed by atoms with Gasteiger partial charge in [0.2, 0.25) is 0 Å². The zero-order chi connectivity index (χ0) is 13.9. The zero-order valence-electron chi connectivity index (χ0n) is 11.6. The van der Waals surface area contributed by atoms with Gasteiger partial charge in [-0.1, -0.05) is 18.2 Å². The van der Waals surface area contributed by atoms with Crippen LogP contribution in [0.4, 0.5) is 0 Å². The van der Waals surface area contributed by atoms with Crippen molar-refractivity contribution in [1.82, 2.24) is 4.90 Å². The van der Waals surface area contributed by atoms with Gasteiger partial charge < -0.3 is 14.4 Å². The standard InChI is InChI=1S/C15H19NO3S/c1-18-13-6-3-2-5-11(13)12-10-20-8-4-7-16(12)15(17)14-9-19-14/h2-3,5-6,12,14H,4,7-10H2,1H3. The van der Waals surface area contributed by atoms with E-state index in [0.29, 0.717) is 6.61 Å². The van der Waals surface area contributed by atoms with Crippen molar-refractivity contribution >= 4 is 17.7 Å². The van der Waals surface area contributed by atoms with Gasteiger partial charge in [-0.3, -0.25) is 4.79 Å². The van der Waals surface area contributed by atoms with E-state index in [9.17, 15) is 4.79 Å². The summed E-state index contributed by atoms with van der Waals surface area (Å²) < 4.78 is 10.6. The largest absolute Gasteiger partial charge is 0.496 e. The molecule has 2 aliphatic heterocycles. The fourth-order valence-corrected chi connectivity index (χ4v) is 3.70. The summed E-state index contributed by atoms with van der Waals surface area (Å²) in [5.74, 6) is 3.00. The normalized spacial score (nSPS) is 25.9. The van der Waals surface area contributed by atoms with Crippen molar-refractivity contribution in [3.63, 3.8) is 0 Å². The van der Waals surface area contributed by atoms with E-state index in [1.54, 1.807) is 7.11 Å². The van der Waals surface area contributed by atoms with Gasteiger partial charge in [-0.25, -0.2) is 0 Å². The molecule has 108 valence electrons. The molecule has 1 amide bonds. The first-order valence-electron chi connectivity index (χ1n) is 6.94. The summed E-state index contributed by atoms with van der Waals surface area (Å²) in [7, 11) is 1.68. The second kappa shape index (κ2) is 6.06. The van der Waals surface area contributed by atoms with Gasteiger partial charge in [-0.05, 0) is 18.2 Å². The molecule has 2 atom stereocenters. The van der Waals surface area contributed by atoms with Crippen molar-refractivity contribution in [3.8, 4) is 5.75 Å². The van der Waals surface area contributed by atoms with Gasteiger partial charge >= 0.3 is 0 Å². The van der Waals surface area contributed by atoms with Crippen LogP contribution in [0.2, 0.25) is 0 Å². The Bertz CT molecular complexity index is 490. The summed E-state index contributed by atoms with van der Waals surface area (Å²) in [5.41, 5.74) is 1.10. The van der Waals surface area contributed by atoms with Crippen LogP contribution in [0.3, 0.4) is 0 Å². The zero-order valence-corrected chi connectivity index (χ0v) is 12.4. The first-order chi connectivity index (χ1) is 9.81. The van der Waals surface area contributed by atoms with Crippen LogP contribution in [0.5, 0.6) is 5.75 Å². The number of benzene rings is 1. The van der Waals surface area contributed by atoms with Crippen LogP contribution >= 0.6 is 11.8 Å². The fourth-order valence-electron chi connectivity index (χ4n) is 2.62. The second-order valence-corrected chi connectivity index (χ2v) is 6.19. The molecule has 0 bridgehead atoms. The number of methoxy groups -OCH3 is 1. The Balaban J connectivity index is 1.91. The first-order valence-corrected chi connectivity index (χ1v) is 8.09. The molecule has 2 fully saturated rings. The van der Waals surface area contributed by atoms with Crippen molar-refractivity contribution in [2.45, 2.75) is 18.6 Å². The molecule has 0 radical (unpaired) electrons. The molecule has 0 saturated carbocycles. The maximum Gasteiger partial charge on any atom is 0.254 e. The molecule has 2 unspecified atom stereocenters. The molecule has 3 rings (SSSR count). The molecule has 2 saturated heterocycles. The number of epoxide rings is 1. The van der Waals surface area contributed by atoms with Gasteiger partial charge in [0.25, 0.3) is 5.91 Å². The average Bonchev–Trinajstić information content (AvgIpc) is 3.32. The smallest absolute Gasteiger partial charge is 0.254 e. The Labute approximate surface area is 123 Å². The van der Waals surface area contributed by atoms with Crippen LogP contribution in [0.15, 0.2) is 24.3 Å². The molecule has 2 heterocycles. The molecule has 1 aromatic carbocycles. The number of ether oxygens (including phenoxy) is 2. The molecule has 4 nitrogen and oxygen atoms in total. The molecule has 20 heavy (non-hydrogen) atoms. The van der Waals surface area contributed by atoms with Gasteiger partial charge in [0, 0.05) is 17.9 Å². The number of para-hydroxylation sites is 1. The maximum atomic E-state index is 12.4. The van der Waals surface area contributed by atoms with Gasteiger partial charge in [0.05, 0.1) is 19.8 Å². The fraction of sp³-hybridized carbons (Fsp3) is 0.533. The first kappa shape index (κ1) is 13.8. The monoisotopic (exact) mass is 293 g/mol. The lowest BCUT2D eigenvalue weighted by Crippen LogP contribution is -2.38. The SMILES string of the molecule is COc1ccccc1C1CSCCCN1C(=O)C1CO1. The molecule has 0 spiro atoms. The van der Waals surface area contributed by atoms with E-state index >= 15 is 0 Å². The number of rotatable bonds is 3. The molecule has 0 aliphatic carbocycles. The molecule has 2 aliphatic rings. The summed E-state index contributed by atoms with van der Waals surface area (Å²) in [6.07, 6.45) is 0.824. The van der Waals surface area contributed by atoms with Crippen LogP contribution in [0, 0.1) is 0 Å². The van der Waals surface area contributed by atoms with E-state index in [2.05, 4.69) is 6.07 Å². The number of thioether (sulfide) groups is 1. The van der Waals surface area contributed by atoms with Crippen LogP contribution in [0.25, 0.3) is 0 Å². The second-order valence-electron chi connectivity index (χ2n) is 5.04. The van der Waals surface area contributed by atoms with Gasteiger partial charge in [-0.2, -0.15) is 11.8 Å². The lowest BCUT2D eigenvalue weighted by molar-refractivity contribution is -0.134. The minimum atomic E-state index is -0.213. The van der Waals surface area contributed by atoms with Crippen molar-refractivity contribution < 1.29 is 14.3 Å². The maximum absolute atomic E-state index is 12.4. The number of hydrogen-bond donors (Lipinski definition) is 0. The van der Waals surface area contributed by atoms with Crippen LogP contribution in [0.1, 0.15) is 18.0 Å². The van der Waals surface area contributed by atoms with Gasteiger partial charge in [0.1, 0.15) is 5.75 Å². The Hall–Kier alpha value is -1.20. The highest BCUT2D eigenvalue weighted by atomic mass is 32.2. The third-order valence-corrected chi connectivity index (χ3v) is 4.86. The quantitative estimate of drug-likeness (QED) is 0.800. The van der Waals surface area contributed by atoms with E-state index in [0.717, 1.165) is 35.8 Å². The van der Waals surface area contributed by atoms with E-state index in [1.165, 1.54) is 0 Å². The Morgan fingerprint density at radius 3 is 3.00 bits per heavy atom. The van der Waals surface area contributed by atoms with E-state index < -0.39 is 0 Å². The van der Waals surface area contributed by atoms with Crippen molar-refractivity contribution in [2.75, 3.05) is 31.8 Å². The molecular formula is C15H19NO3S. The molecule has 0 aromatic heterocycles. The topological polar surface area (TPSA) is 42.1 Å².